The molecule has 0 bridgehead atoms. The third-order valence-corrected chi connectivity index (χ3v) is 2.45. The van der Waals surface area contributed by atoms with Gasteiger partial charge in [0.15, 0.2) is 0 Å². The molecule has 0 saturated carbocycles. The van der Waals surface area contributed by atoms with E-state index in [1.807, 2.05) is 6.07 Å². The third kappa shape index (κ3) is 1.94. The predicted molar refractivity (Wildman–Crippen MR) is 58.9 cm³/mol. The molecular formula is C10H10ClN3O. The Hall–Kier alpha value is -1.55. The fourth-order valence-corrected chi connectivity index (χ4v) is 1.59. The lowest BCUT2D eigenvalue weighted by atomic mass is 10.1. The molecule has 1 heterocycles. The van der Waals surface area contributed by atoms with Crippen LogP contribution in [0.25, 0.3) is 10.9 Å². The van der Waals surface area contributed by atoms with Gasteiger partial charge < -0.3 is 5.32 Å². The summed E-state index contributed by atoms with van der Waals surface area (Å²) < 4.78 is 0. The lowest BCUT2D eigenvalue weighted by Crippen LogP contribution is -2.20. The number of aromatic amines is 1. The number of halogens is 1. The Balaban J connectivity index is 2.43. The quantitative estimate of drug-likeness (QED) is 0.811. The highest BCUT2D eigenvalue weighted by Gasteiger charge is 2.08. The van der Waals surface area contributed by atoms with Gasteiger partial charge in [-0.25, -0.2) is 0 Å². The smallest absolute Gasteiger partial charge is 0.225 e. The molecule has 1 amide bonds. The van der Waals surface area contributed by atoms with Crippen molar-refractivity contribution in [2.24, 2.45) is 0 Å². The maximum absolute atomic E-state index is 11.2. The van der Waals surface area contributed by atoms with Crippen LogP contribution >= 0.6 is 11.6 Å². The van der Waals surface area contributed by atoms with Crippen molar-refractivity contribution < 1.29 is 4.79 Å². The highest BCUT2D eigenvalue weighted by Crippen LogP contribution is 2.20. The number of nitrogens with one attached hydrogen (secondary N) is 2. The lowest BCUT2D eigenvalue weighted by Gasteiger charge is -1.97. The summed E-state index contributed by atoms with van der Waals surface area (Å²) in [7, 11) is 1.61. The van der Waals surface area contributed by atoms with Gasteiger partial charge in [-0.2, -0.15) is 5.10 Å². The number of H-pyrrole nitrogens is 1. The zero-order valence-corrected chi connectivity index (χ0v) is 8.93. The first-order chi connectivity index (χ1) is 7.20. The van der Waals surface area contributed by atoms with Crippen molar-refractivity contribution in [2.75, 3.05) is 7.05 Å². The standard InChI is InChI=1S/C10H10ClN3O/c1-12-10(15)5-9-7-4-6(11)2-3-8(7)13-14-9/h2-4H,5H2,1H3,(H,12,15)(H,13,14). The maximum atomic E-state index is 11.2. The van der Waals surface area contributed by atoms with Crippen LogP contribution in [0.3, 0.4) is 0 Å². The van der Waals surface area contributed by atoms with E-state index >= 15 is 0 Å². The number of hydrogen-bond donors (Lipinski definition) is 2. The van der Waals surface area contributed by atoms with E-state index in [1.54, 1.807) is 19.2 Å². The second-order valence-electron chi connectivity index (χ2n) is 3.21. The Morgan fingerprint density at radius 1 is 1.60 bits per heavy atom. The van der Waals surface area contributed by atoms with Crippen molar-refractivity contribution in [3.05, 3.63) is 28.9 Å². The average Bonchev–Trinajstić information content (AvgIpc) is 2.61. The largest absolute Gasteiger partial charge is 0.359 e. The number of carbonyl (C=O) groups is 1. The molecule has 0 spiro atoms. The summed E-state index contributed by atoms with van der Waals surface area (Å²) in [5.74, 6) is -0.0551. The molecule has 0 radical (unpaired) electrons. The van der Waals surface area contributed by atoms with Crippen molar-refractivity contribution in [3.8, 4) is 0 Å². The second kappa shape index (κ2) is 3.90. The first-order valence-electron chi connectivity index (χ1n) is 4.54. The van der Waals surface area contributed by atoms with E-state index < -0.39 is 0 Å². The van der Waals surface area contributed by atoms with Crippen LogP contribution in [-0.4, -0.2) is 23.2 Å². The van der Waals surface area contributed by atoms with Gasteiger partial charge in [-0.15, -0.1) is 0 Å². The van der Waals surface area contributed by atoms with E-state index in [1.165, 1.54) is 0 Å². The Labute approximate surface area is 91.6 Å². The molecule has 0 aliphatic rings. The molecule has 0 fully saturated rings. The fraction of sp³-hybridized carbons (Fsp3) is 0.200. The van der Waals surface area contributed by atoms with Crippen LogP contribution in [0.4, 0.5) is 0 Å². The molecule has 0 saturated heterocycles. The molecule has 0 unspecified atom stereocenters. The lowest BCUT2D eigenvalue weighted by molar-refractivity contribution is -0.119. The monoisotopic (exact) mass is 223 g/mol. The van der Waals surface area contributed by atoms with Gasteiger partial charge in [0.1, 0.15) is 0 Å². The maximum Gasteiger partial charge on any atom is 0.225 e. The fourth-order valence-electron chi connectivity index (χ4n) is 1.42. The summed E-state index contributed by atoms with van der Waals surface area (Å²) in [5, 5.41) is 11.0. The molecule has 1 aromatic heterocycles. The number of fused-ring (bicyclic) bond motifs is 1. The minimum absolute atomic E-state index is 0.0551. The normalized spacial score (nSPS) is 10.5. The zero-order valence-electron chi connectivity index (χ0n) is 8.17. The molecule has 78 valence electrons. The van der Waals surface area contributed by atoms with Gasteiger partial charge in [-0.1, -0.05) is 11.6 Å². The number of hydrogen-bond acceptors (Lipinski definition) is 2. The van der Waals surface area contributed by atoms with Crippen molar-refractivity contribution in [3.63, 3.8) is 0 Å². The van der Waals surface area contributed by atoms with Gasteiger partial charge in [0.2, 0.25) is 5.91 Å². The summed E-state index contributed by atoms with van der Waals surface area (Å²) in [6.07, 6.45) is 0.285. The minimum Gasteiger partial charge on any atom is -0.359 e. The van der Waals surface area contributed by atoms with E-state index in [0.29, 0.717) is 5.02 Å². The third-order valence-electron chi connectivity index (χ3n) is 2.21. The minimum atomic E-state index is -0.0551. The molecule has 4 nitrogen and oxygen atoms in total. The Morgan fingerprint density at radius 2 is 2.40 bits per heavy atom. The molecule has 2 N–H and O–H groups in total. The molecule has 0 atom stereocenters. The predicted octanol–water partition coefficient (Wildman–Crippen LogP) is 1.50. The molecule has 2 aromatic rings. The molecule has 1 aromatic carbocycles. The van der Waals surface area contributed by atoms with Crippen LogP contribution in [0.1, 0.15) is 5.69 Å². The van der Waals surface area contributed by atoms with E-state index in [-0.39, 0.29) is 12.3 Å². The van der Waals surface area contributed by atoms with Gasteiger partial charge in [0.25, 0.3) is 0 Å². The summed E-state index contributed by atoms with van der Waals surface area (Å²) in [4.78, 5) is 11.2. The van der Waals surface area contributed by atoms with E-state index in [4.69, 9.17) is 11.6 Å². The summed E-state index contributed by atoms with van der Waals surface area (Å²) in [6.45, 7) is 0. The van der Waals surface area contributed by atoms with Gasteiger partial charge in [-0.05, 0) is 18.2 Å². The van der Waals surface area contributed by atoms with Crippen molar-refractivity contribution in [1.82, 2.24) is 15.5 Å². The molecule has 0 aliphatic heterocycles. The number of amides is 1. The van der Waals surface area contributed by atoms with Gasteiger partial charge in [0.05, 0.1) is 17.6 Å². The topological polar surface area (TPSA) is 57.8 Å². The molecular weight excluding hydrogens is 214 g/mol. The number of carbonyl (C=O) groups excluding carboxylic acids is 1. The summed E-state index contributed by atoms with van der Waals surface area (Å²) in [5.41, 5.74) is 1.60. The Bertz CT molecular complexity index is 506. The van der Waals surface area contributed by atoms with Gasteiger partial charge >= 0.3 is 0 Å². The van der Waals surface area contributed by atoms with Crippen LogP contribution in [0.15, 0.2) is 18.2 Å². The van der Waals surface area contributed by atoms with Gasteiger partial charge in [0, 0.05) is 17.5 Å². The number of nitrogens with zero attached hydrogens (tertiary/aromatic N) is 1. The van der Waals surface area contributed by atoms with Crippen LogP contribution in [0.2, 0.25) is 5.02 Å². The average molecular weight is 224 g/mol. The highest BCUT2D eigenvalue weighted by atomic mass is 35.5. The number of benzene rings is 1. The van der Waals surface area contributed by atoms with Gasteiger partial charge in [-0.3, -0.25) is 9.89 Å². The first kappa shape index (κ1) is 9.98. The highest BCUT2D eigenvalue weighted by molar-refractivity contribution is 6.31. The number of likely N-dealkylation sites (N-methyl/N-ethyl adjacent to an activating group) is 1. The molecule has 5 heteroatoms. The summed E-state index contributed by atoms with van der Waals surface area (Å²) >= 11 is 5.88. The second-order valence-corrected chi connectivity index (χ2v) is 3.65. The summed E-state index contributed by atoms with van der Waals surface area (Å²) in [6, 6.07) is 5.40. The van der Waals surface area contributed by atoms with E-state index in [2.05, 4.69) is 15.5 Å². The number of rotatable bonds is 2. The van der Waals surface area contributed by atoms with Crippen molar-refractivity contribution in [1.29, 1.82) is 0 Å². The molecule has 0 aliphatic carbocycles. The Kier molecular flexibility index (Phi) is 2.60. The van der Waals surface area contributed by atoms with Crippen LogP contribution in [-0.2, 0) is 11.2 Å². The van der Waals surface area contributed by atoms with E-state index in [9.17, 15) is 4.79 Å². The SMILES string of the molecule is CNC(=O)Cc1[nH]nc2ccc(Cl)cc12. The molecule has 2 rings (SSSR count). The van der Waals surface area contributed by atoms with E-state index in [0.717, 1.165) is 16.6 Å². The van der Waals surface area contributed by atoms with Crippen LogP contribution in [0, 0.1) is 0 Å². The van der Waals surface area contributed by atoms with Crippen LogP contribution in [0.5, 0.6) is 0 Å². The van der Waals surface area contributed by atoms with Crippen molar-refractivity contribution >= 4 is 28.4 Å². The number of aromatic nitrogens is 2. The zero-order chi connectivity index (χ0) is 10.8. The molecule has 15 heavy (non-hydrogen) atoms. The van der Waals surface area contributed by atoms with Crippen molar-refractivity contribution in [2.45, 2.75) is 6.42 Å². The Morgan fingerprint density at radius 3 is 3.13 bits per heavy atom. The first-order valence-corrected chi connectivity index (χ1v) is 4.91. The van der Waals surface area contributed by atoms with Crippen LogP contribution < -0.4 is 5.32 Å².